The van der Waals surface area contributed by atoms with Crippen LogP contribution in [-0.2, 0) is 14.3 Å². The first-order valence-electron chi connectivity index (χ1n) is 12.8. The van der Waals surface area contributed by atoms with Gasteiger partial charge in [-0.2, -0.15) is 0 Å². The third kappa shape index (κ3) is 5.08. The van der Waals surface area contributed by atoms with Gasteiger partial charge in [-0.15, -0.1) is 0 Å². The Balaban J connectivity index is 1.80. The number of hydrogen-bond donors (Lipinski definition) is 2. The van der Waals surface area contributed by atoms with Gasteiger partial charge in [-0.05, 0) is 68.0 Å². The lowest BCUT2D eigenvalue weighted by Crippen LogP contribution is -2.36. The molecule has 0 saturated carbocycles. The number of rotatable bonds is 8. The summed E-state index contributed by atoms with van der Waals surface area (Å²) in [4.78, 5) is 27.3. The second kappa shape index (κ2) is 11.2. The van der Waals surface area contributed by atoms with Crippen LogP contribution in [0.25, 0.3) is 0 Å². The molecule has 202 valence electrons. The highest BCUT2D eigenvalue weighted by molar-refractivity contribution is 6.04. The van der Waals surface area contributed by atoms with Crippen molar-refractivity contribution < 1.29 is 33.6 Å². The van der Waals surface area contributed by atoms with Crippen molar-refractivity contribution in [2.75, 3.05) is 21.3 Å². The first-order valence-corrected chi connectivity index (χ1v) is 12.8. The molecule has 8 nitrogen and oxygen atoms in total. The molecule has 3 atom stereocenters. The summed E-state index contributed by atoms with van der Waals surface area (Å²) >= 11 is 0. The fraction of sp³-hybridized carbons (Fsp3) is 0.400. The summed E-state index contributed by atoms with van der Waals surface area (Å²) in [5, 5.41) is 13.6. The van der Waals surface area contributed by atoms with Crippen molar-refractivity contribution in [3.05, 3.63) is 70.1 Å². The van der Waals surface area contributed by atoms with Crippen molar-refractivity contribution in [1.29, 1.82) is 0 Å². The summed E-state index contributed by atoms with van der Waals surface area (Å²) in [6.07, 6.45) is 1.25. The molecule has 38 heavy (non-hydrogen) atoms. The zero-order chi connectivity index (χ0) is 27.6. The molecular weight excluding hydrogens is 486 g/mol. The normalized spacial score (nSPS) is 19.9. The number of Topliss-reactive ketones (excluding diaryl/α,β-unsaturated/α-hetero) is 1. The van der Waals surface area contributed by atoms with Crippen molar-refractivity contribution in [3.63, 3.8) is 0 Å². The van der Waals surface area contributed by atoms with Crippen molar-refractivity contribution in [1.82, 2.24) is 5.32 Å². The molecular formula is C30H35NO7. The standard InChI is InChI=1S/C30H35NO7/c1-7-16(2)38-30(34)27-17(3)31-21-12-20(18-9-11-24(35-4)26(14-18)37-6)13-23(33)29(21)28(27)19-8-10-22(32)25(15-19)36-5/h8-11,14-16,20,28,31-32H,7,12-13H2,1-6H3/t16-,20-,28-/m0/s1. The van der Waals surface area contributed by atoms with E-state index in [9.17, 15) is 14.7 Å². The number of carbonyl (C=O) groups excluding carboxylic acids is 2. The van der Waals surface area contributed by atoms with Gasteiger partial charge < -0.3 is 29.4 Å². The number of dihydropyridines is 1. The maximum absolute atomic E-state index is 13.8. The minimum Gasteiger partial charge on any atom is -0.504 e. The first kappa shape index (κ1) is 27.1. The van der Waals surface area contributed by atoms with Crippen LogP contribution in [0.5, 0.6) is 23.0 Å². The SMILES string of the molecule is CC[C@H](C)OC(=O)C1=C(C)NC2=C(C(=O)C[C@@H](c3ccc(OC)c(OC)c3)C2)[C@H]1c1ccc(O)c(OC)c1. The van der Waals surface area contributed by atoms with Crippen LogP contribution in [0, 0.1) is 0 Å². The molecule has 0 saturated heterocycles. The average molecular weight is 522 g/mol. The maximum atomic E-state index is 13.8. The Labute approximate surface area is 223 Å². The minimum absolute atomic E-state index is 0.0210. The van der Waals surface area contributed by atoms with Gasteiger partial charge in [0, 0.05) is 29.3 Å². The number of methoxy groups -OCH3 is 3. The van der Waals surface area contributed by atoms with Gasteiger partial charge in [0.2, 0.25) is 0 Å². The highest BCUT2D eigenvalue weighted by atomic mass is 16.5. The van der Waals surface area contributed by atoms with Gasteiger partial charge in [0.15, 0.2) is 28.8 Å². The second-order valence-electron chi connectivity index (χ2n) is 9.69. The molecule has 0 spiro atoms. The highest BCUT2D eigenvalue weighted by Gasteiger charge is 2.42. The molecule has 0 amide bonds. The molecule has 4 rings (SSSR count). The quantitative estimate of drug-likeness (QED) is 0.462. The molecule has 0 unspecified atom stereocenters. The van der Waals surface area contributed by atoms with Crippen LogP contribution in [0.2, 0.25) is 0 Å². The third-order valence-corrected chi connectivity index (χ3v) is 7.35. The number of hydrogen-bond acceptors (Lipinski definition) is 8. The number of allylic oxidation sites excluding steroid dienone is 3. The van der Waals surface area contributed by atoms with E-state index in [1.54, 1.807) is 26.4 Å². The minimum atomic E-state index is -0.656. The summed E-state index contributed by atoms with van der Waals surface area (Å²) in [6, 6.07) is 10.6. The maximum Gasteiger partial charge on any atom is 0.337 e. The predicted molar refractivity (Wildman–Crippen MR) is 143 cm³/mol. The number of phenols is 1. The molecule has 0 aromatic heterocycles. The summed E-state index contributed by atoms with van der Waals surface area (Å²) in [5.41, 5.74) is 3.97. The van der Waals surface area contributed by atoms with E-state index in [0.29, 0.717) is 46.7 Å². The number of nitrogens with one attached hydrogen (secondary N) is 1. The lowest BCUT2D eigenvalue weighted by Gasteiger charge is -2.37. The lowest BCUT2D eigenvalue weighted by atomic mass is 9.71. The Kier molecular flexibility index (Phi) is 7.99. The molecule has 1 aliphatic carbocycles. The predicted octanol–water partition coefficient (Wildman–Crippen LogP) is 5.12. The molecule has 0 bridgehead atoms. The van der Waals surface area contributed by atoms with E-state index in [1.807, 2.05) is 39.0 Å². The lowest BCUT2D eigenvalue weighted by molar-refractivity contribution is -0.144. The molecule has 8 heteroatoms. The van der Waals surface area contributed by atoms with Crippen LogP contribution in [0.3, 0.4) is 0 Å². The highest BCUT2D eigenvalue weighted by Crippen LogP contribution is 2.47. The van der Waals surface area contributed by atoms with E-state index in [4.69, 9.17) is 18.9 Å². The Morgan fingerprint density at radius 2 is 1.66 bits per heavy atom. The number of benzene rings is 2. The van der Waals surface area contributed by atoms with Crippen LogP contribution >= 0.6 is 0 Å². The summed E-state index contributed by atoms with van der Waals surface area (Å²) in [7, 11) is 4.63. The van der Waals surface area contributed by atoms with Gasteiger partial charge in [-0.25, -0.2) is 4.79 Å². The van der Waals surface area contributed by atoms with E-state index in [-0.39, 0.29) is 35.7 Å². The number of phenolic OH excluding ortho intramolecular Hbond substituents is 1. The molecule has 1 aliphatic heterocycles. The molecule has 0 radical (unpaired) electrons. The number of esters is 1. The summed E-state index contributed by atoms with van der Waals surface area (Å²) < 4.78 is 21.9. The molecule has 2 aliphatic rings. The smallest absolute Gasteiger partial charge is 0.337 e. The molecule has 1 heterocycles. The molecule has 2 aromatic rings. The van der Waals surface area contributed by atoms with Gasteiger partial charge in [0.25, 0.3) is 0 Å². The number of ether oxygens (including phenoxy) is 4. The van der Waals surface area contributed by atoms with Crippen molar-refractivity contribution in [2.24, 2.45) is 0 Å². The number of aromatic hydroxyl groups is 1. The summed E-state index contributed by atoms with van der Waals surface area (Å²) in [6.45, 7) is 5.61. The average Bonchev–Trinajstić information content (AvgIpc) is 2.91. The van der Waals surface area contributed by atoms with Gasteiger partial charge in [0.05, 0.1) is 33.0 Å². The Morgan fingerprint density at radius 3 is 2.32 bits per heavy atom. The molecule has 2 N–H and O–H groups in total. The van der Waals surface area contributed by atoms with Gasteiger partial charge in [-0.3, -0.25) is 4.79 Å². The summed E-state index contributed by atoms with van der Waals surface area (Å²) in [5.74, 6) is 0.211. The molecule has 2 aromatic carbocycles. The Bertz CT molecular complexity index is 1310. The van der Waals surface area contributed by atoms with Gasteiger partial charge in [-0.1, -0.05) is 19.1 Å². The van der Waals surface area contributed by atoms with E-state index in [1.165, 1.54) is 13.2 Å². The van der Waals surface area contributed by atoms with Crippen LogP contribution in [0.1, 0.15) is 63.0 Å². The van der Waals surface area contributed by atoms with Crippen molar-refractivity contribution in [2.45, 2.75) is 58.0 Å². The van der Waals surface area contributed by atoms with Gasteiger partial charge in [0.1, 0.15) is 0 Å². The fourth-order valence-electron chi connectivity index (χ4n) is 5.19. The second-order valence-corrected chi connectivity index (χ2v) is 9.69. The van der Waals surface area contributed by atoms with E-state index < -0.39 is 11.9 Å². The first-order chi connectivity index (χ1) is 18.2. The van der Waals surface area contributed by atoms with Crippen LogP contribution in [0.15, 0.2) is 58.9 Å². The topological polar surface area (TPSA) is 103 Å². The Hall–Kier alpha value is -3.94. The van der Waals surface area contributed by atoms with Crippen LogP contribution in [0.4, 0.5) is 0 Å². The zero-order valence-corrected chi connectivity index (χ0v) is 22.7. The third-order valence-electron chi connectivity index (χ3n) is 7.35. The number of carbonyl (C=O) groups is 2. The largest absolute Gasteiger partial charge is 0.504 e. The van der Waals surface area contributed by atoms with E-state index in [2.05, 4.69) is 5.32 Å². The fourth-order valence-corrected chi connectivity index (χ4v) is 5.19. The van der Waals surface area contributed by atoms with Crippen LogP contribution in [-0.4, -0.2) is 44.3 Å². The van der Waals surface area contributed by atoms with Crippen LogP contribution < -0.4 is 19.5 Å². The van der Waals surface area contributed by atoms with E-state index >= 15 is 0 Å². The van der Waals surface area contributed by atoms with Crippen molar-refractivity contribution >= 4 is 11.8 Å². The number of ketones is 1. The Morgan fingerprint density at radius 1 is 1.00 bits per heavy atom. The van der Waals surface area contributed by atoms with Gasteiger partial charge >= 0.3 is 5.97 Å². The van der Waals surface area contributed by atoms with Crippen molar-refractivity contribution in [3.8, 4) is 23.0 Å². The molecule has 0 fully saturated rings. The monoisotopic (exact) mass is 521 g/mol. The van der Waals surface area contributed by atoms with E-state index in [0.717, 1.165) is 11.3 Å². The zero-order valence-electron chi connectivity index (χ0n) is 22.7.